The highest BCUT2D eigenvalue weighted by molar-refractivity contribution is 6.32. The van der Waals surface area contributed by atoms with Gasteiger partial charge in [0, 0.05) is 12.5 Å². The van der Waals surface area contributed by atoms with Gasteiger partial charge >= 0.3 is 0 Å². The van der Waals surface area contributed by atoms with E-state index >= 15 is 0 Å². The maximum atomic E-state index is 12.5. The molecule has 1 aromatic rings. The van der Waals surface area contributed by atoms with E-state index in [0.29, 0.717) is 28.9 Å². The normalized spacial score (nSPS) is 27.9. The Labute approximate surface area is 169 Å². The third kappa shape index (κ3) is 3.87. The number of hydrogen-bond acceptors (Lipinski definition) is 6. The average molecular weight is 410 g/mol. The summed E-state index contributed by atoms with van der Waals surface area (Å²) in [5.41, 5.74) is 0.562. The minimum Gasteiger partial charge on any atom is -0.398 e. The first kappa shape index (κ1) is 20.6. The van der Waals surface area contributed by atoms with Gasteiger partial charge in [-0.2, -0.15) is 5.10 Å². The van der Waals surface area contributed by atoms with Crippen LogP contribution in [0.15, 0.2) is 16.1 Å². The van der Waals surface area contributed by atoms with Crippen molar-refractivity contribution in [3.05, 3.63) is 21.6 Å². The van der Waals surface area contributed by atoms with E-state index in [4.69, 9.17) is 11.6 Å². The van der Waals surface area contributed by atoms with E-state index in [2.05, 4.69) is 46.5 Å². The van der Waals surface area contributed by atoms with E-state index < -0.39 is 5.56 Å². The number of oxime groups is 1. The third-order valence-electron chi connectivity index (χ3n) is 6.61. The zero-order valence-corrected chi connectivity index (χ0v) is 17.5. The van der Waals surface area contributed by atoms with Crippen molar-refractivity contribution < 1.29 is 9.63 Å². The molecule has 0 saturated heterocycles. The van der Waals surface area contributed by atoms with Crippen LogP contribution in [0, 0.1) is 23.2 Å². The molecule has 4 rings (SSSR count). The molecule has 0 aliphatic heterocycles. The van der Waals surface area contributed by atoms with Gasteiger partial charge in [0.05, 0.1) is 18.4 Å². The molecule has 3 saturated carbocycles. The molecule has 0 aromatic carbocycles. The van der Waals surface area contributed by atoms with Gasteiger partial charge < -0.3 is 15.5 Å². The molecule has 0 radical (unpaired) electrons. The smallest absolute Gasteiger partial charge is 0.287 e. The number of hydrogen-bond donors (Lipinski definition) is 2. The van der Waals surface area contributed by atoms with Gasteiger partial charge in [-0.1, -0.05) is 37.5 Å². The molecule has 1 aromatic heterocycles. The van der Waals surface area contributed by atoms with E-state index in [1.807, 2.05) is 0 Å². The second kappa shape index (κ2) is 8.11. The van der Waals surface area contributed by atoms with Crippen molar-refractivity contribution in [1.29, 1.82) is 0 Å². The van der Waals surface area contributed by atoms with Gasteiger partial charge in [0.1, 0.15) is 18.5 Å². The summed E-state index contributed by atoms with van der Waals surface area (Å²) in [6.07, 6.45) is 5.16. The van der Waals surface area contributed by atoms with Crippen LogP contribution in [0.1, 0.15) is 40.0 Å². The summed E-state index contributed by atoms with van der Waals surface area (Å²) in [5, 5.41) is 13.6. The molecule has 1 heterocycles. The Kier molecular flexibility index (Phi) is 5.98. The standard InChI is InChI=1S/C19H28ClN5O3/c1-11-13-7-12(19(13,2)3)8-14(11)24-15-9-22-25(18(27)17(15)20)6-5-16(26)21-10-23-28-4/h9-14,24H,5-8H2,1-4H3,(H,21,23,26)/t11-,12-,13+,14-/m1/s1. The molecule has 9 heteroatoms. The quantitative estimate of drug-likeness (QED) is 0.409. The van der Waals surface area contributed by atoms with Crippen LogP contribution in [-0.2, 0) is 16.2 Å². The Bertz CT molecular complexity index is 822. The van der Waals surface area contributed by atoms with E-state index in [-0.39, 0.29) is 29.9 Å². The van der Waals surface area contributed by atoms with Gasteiger partial charge in [-0.3, -0.25) is 9.59 Å². The summed E-state index contributed by atoms with van der Waals surface area (Å²) in [5.74, 6) is 1.61. The zero-order chi connectivity index (χ0) is 20.5. The van der Waals surface area contributed by atoms with Crippen LogP contribution in [0.4, 0.5) is 5.69 Å². The summed E-state index contributed by atoms with van der Waals surface area (Å²) >= 11 is 6.31. The molecule has 3 aliphatic rings. The van der Waals surface area contributed by atoms with E-state index in [9.17, 15) is 9.59 Å². The van der Waals surface area contributed by atoms with E-state index in [1.54, 1.807) is 6.20 Å². The van der Waals surface area contributed by atoms with Crippen LogP contribution in [0.2, 0.25) is 5.02 Å². The van der Waals surface area contributed by atoms with Crippen LogP contribution in [0.25, 0.3) is 0 Å². The van der Waals surface area contributed by atoms with Crippen LogP contribution in [-0.4, -0.2) is 35.2 Å². The summed E-state index contributed by atoms with van der Waals surface area (Å²) in [6, 6.07) is 0.289. The van der Waals surface area contributed by atoms with Crippen LogP contribution < -0.4 is 16.2 Å². The second-order valence-corrected chi connectivity index (χ2v) is 8.72. The predicted molar refractivity (Wildman–Crippen MR) is 108 cm³/mol. The molecule has 3 fully saturated rings. The third-order valence-corrected chi connectivity index (χ3v) is 6.98. The Balaban J connectivity index is 1.62. The maximum absolute atomic E-state index is 12.5. The van der Waals surface area contributed by atoms with Crippen molar-refractivity contribution in [3.8, 4) is 0 Å². The van der Waals surface area contributed by atoms with E-state index in [0.717, 1.165) is 12.8 Å². The van der Waals surface area contributed by atoms with Crippen molar-refractivity contribution in [1.82, 2.24) is 15.1 Å². The number of nitrogens with one attached hydrogen (secondary N) is 2. The summed E-state index contributed by atoms with van der Waals surface area (Å²) in [4.78, 5) is 28.7. The topological polar surface area (TPSA) is 97.6 Å². The van der Waals surface area contributed by atoms with Gasteiger partial charge in [-0.25, -0.2) is 4.68 Å². The number of rotatable bonds is 7. The Morgan fingerprint density at radius 3 is 2.89 bits per heavy atom. The highest BCUT2D eigenvalue weighted by Crippen LogP contribution is 2.61. The maximum Gasteiger partial charge on any atom is 0.287 e. The highest BCUT2D eigenvalue weighted by Gasteiger charge is 2.56. The number of carbonyl (C=O) groups excluding carboxylic acids is 1. The summed E-state index contributed by atoms with van der Waals surface area (Å²) in [7, 11) is 1.38. The zero-order valence-electron chi connectivity index (χ0n) is 16.7. The van der Waals surface area contributed by atoms with Crippen molar-refractivity contribution in [2.24, 2.45) is 28.3 Å². The molecule has 1 amide bonds. The largest absolute Gasteiger partial charge is 0.398 e. The lowest BCUT2D eigenvalue weighted by Crippen LogP contribution is -2.58. The van der Waals surface area contributed by atoms with Gasteiger partial charge in [-0.05, 0) is 36.0 Å². The number of anilines is 1. The Hall–Kier alpha value is -2.09. The number of aromatic nitrogens is 2. The molecule has 2 N–H and O–H groups in total. The SMILES string of the molecule is CO/N=C\NC(=O)CCn1ncc(N[C@@H]2C[C@H]3C[C@@H]([C@H]2C)C3(C)C)c(Cl)c1=O. The summed E-state index contributed by atoms with van der Waals surface area (Å²) < 4.78 is 1.20. The number of fused-ring (bicyclic) bond motifs is 2. The summed E-state index contributed by atoms with van der Waals surface area (Å²) in [6.45, 7) is 7.11. The van der Waals surface area contributed by atoms with Gasteiger partial charge in [-0.15, -0.1) is 0 Å². The number of nitrogens with zero attached hydrogens (tertiary/aromatic N) is 3. The minimum atomic E-state index is -0.404. The lowest BCUT2D eigenvalue weighted by Gasteiger charge is -2.62. The molecule has 0 spiro atoms. The van der Waals surface area contributed by atoms with Gasteiger partial charge in [0.2, 0.25) is 5.91 Å². The molecule has 154 valence electrons. The van der Waals surface area contributed by atoms with Crippen molar-refractivity contribution >= 4 is 29.5 Å². The van der Waals surface area contributed by atoms with Crippen molar-refractivity contribution in [3.63, 3.8) is 0 Å². The first-order valence-corrected chi connectivity index (χ1v) is 10.00. The lowest BCUT2D eigenvalue weighted by atomic mass is 9.45. The molecule has 2 bridgehead atoms. The lowest BCUT2D eigenvalue weighted by molar-refractivity contribution is -0.119. The molecular weight excluding hydrogens is 382 g/mol. The molecule has 3 aliphatic carbocycles. The number of amides is 1. The molecule has 28 heavy (non-hydrogen) atoms. The predicted octanol–water partition coefficient (Wildman–Crippen LogP) is 2.48. The first-order valence-electron chi connectivity index (χ1n) is 9.62. The van der Waals surface area contributed by atoms with Gasteiger partial charge in [0.25, 0.3) is 5.56 Å². The number of halogens is 1. The van der Waals surface area contributed by atoms with Crippen LogP contribution in [0.5, 0.6) is 0 Å². The molecule has 8 nitrogen and oxygen atoms in total. The van der Waals surface area contributed by atoms with Crippen LogP contribution in [0.3, 0.4) is 0 Å². The second-order valence-electron chi connectivity index (χ2n) is 8.34. The highest BCUT2D eigenvalue weighted by atomic mass is 35.5. The van der Waals surface area contributed by atoms with Crippen molar-refractivity contribution in [2.45, 2.75) is 52.6 Å². The van der Waals surface area contributed by atoms with E-state index in [1.165, 1.54) is 18.2 Å². The monoisotopic (exact) mass is 409 g/mol. The minimum absolute atomic E-state index is 0.0733. The van der Waals surface area contributed by atoms with Crippen molar-refractivity contribution in [2.75, 3.05) is 12.4 Å². The average Bonchev–Trinajstić information content (AvgIpc) is 2.66. The Morgan fingerprint density at radius 2 is 2.25 bits per heavy atom. The fourth-order valence-corrected chi connectivity index (χ4v) is 4.90. The number of aryl methyl sites for hydroxylation is 1. The molecule has 0 unspecified atom stereocenters. The fraction of sp³-hybridized carbons (Fsp3) is 0.684. The molecule has 4 atom stereocenters. The van der Waals surface area contributed by atoms with Gasteiger partial charge in [0.15, 0.2) is 0 Å². The fourth-order valence-electron chi connectivity index (χ4n) is 4.70. The Morgan fingerprint density at radius 1 is 1.50 bits per heavy atom. The first-order chi connectivity index (χ1) is 13.3. The number of carbonyl (C=O) groups is 1. The molecular formula is C19H28ClN5O3. The van der Waals surface area contributed by atoms with Crippen LogP contribution >= 0.6 is 11.6 Å².